The summed E-state index contributed by atoms with van der Waals surface area (Å²) < 4.78 is 3.79. The van der Waals surface area contributed by atoms with Gasteiger partial charge in [-0.1, -0.05) is 6.92 Å². The first-order valence-electron chi connectivity index (χ1n) is 10.2. The summed E-state index contributed by atoms with van der Waals surface area (Å²) in [5.41, 5.74) is 3.46. The second-order valence-electron chi connectivity index (χ2n) is 7.59. The molecule has 0 unspecified atom stereocenters. The van der Waals surface area contributed by atoms with E-state index in [1.807, 2.05) is 17.1 Å². The van der Waals surface area contributed by atoms with Crippen LogP contribution in [0.25, 0.3) is 16.6 Å². The van der Waals surface area contributed by atoms with Gasteiger partial charge in [0.1, 0.15) is 6.07 Å². The quantitative estimate of drug-likeness (QED) is 0.558. The van der Waals surface area contributed by atoms with Gasteiger partial charge >= 0.3 is 0 Å². The summed E-state index contributed by atoms with van der Waals surface area (Å²) in [5.74, 6) is 0.909. The van der Waals surface area contributed by atoms with Gasteiger partial charge in [-0.25, -0.2) is 4.52 Å². The minimum Gasteiger partial charge on any atom is -0.394 e. The van der Waals surface area contributed by atoms with Crippen molar-refractivity contribution in [1.29, 1.82) is 5.26 Å². The molecule has 0 aromatic carbocycles. The van der Waals surface area contributed by atoms with E-state index in [0.29, 0.717) is 12.1 Å². The summed E-state index contributed by atoms with van der Waals surface area (Å²) in [6.07, 6.45) is 8.86. The number of β-amino-alcohol motifs (C(OH)–C–C–N with tert-alkyl or cyclic N) is 1. The Balaban J connectivity index is 1.59. The van der Waals surface area contributed by atoms with E-state index < -0.39 is 6.10 Å². The zero-order chi connectivity index (χ0) is 21.1. The third-order valence-electron chi connectivity index (χ3n) is 5.47. The Morgan fingerprint density at radius 2 is 2.17 bits per heavy atom. The molecule has 1 fully saturated rings. The third-order valence-corrected chi connectivity index (χ3v) is 6.38. The molecule has 158 valence electrons. The van der Waals surface area contributed by atoms with Gasteiger partial charge < -0.3 is 10.2 Å². The van der Waals surface area contributed by atoms with Gasteiger partial charge in [-0.3, -0.25) is 9.58 Å². The lowest BCUT2D eigenvalue weighted by atomic mass is 10.1. The molecular formula is C21H26N6O2S. The highest BCUT2D eigenvalue weighted by molar-refractivity contribution is 7.99. The molecule has 1 saturated heterocycles. The molecule has 0 amide bonds. The van der Waals surface area contributed by atoms with Crippen LogP contribution in [0.2, 0.25) is 0 Å². The predicted molar refractivity (Wildman–Crippen MR) is 115 cm³/mol. The van der Waals surface area contributed by atoms with Gasteiger partial charge in [0.05, 0.1) is 42.2 Å². The molecule has 2 atom stereocenters. The maximum Gasteiger partial charge on any atom is 0.103 e. The van der Waals surface area contributed by atoms with Gasteiger partial charge in [-0.05, 0) is 31.2 Å². The van der Waals surface area contributed by atoms with Gasteiger partial charge in [0.15, 0.2) is 0 Å². The number of fused-ring (bicyclic) bond motifs is 1. The first kappa shape index (κ1) is 20.9. The molecule has 8 nitrogen and oxygen atoms in total. The number of aliphatic hydroxyl groups is 2. The number of hydrogen-bond acceptors (Lipinski definition) is 7. The summed E-state index contributed by atoms with van der Waals surface area (Å²) in [6, 6.07) is 4.57. The highest BCUT2D eigenvalue weighted by Gasteiger charge is 2.23. The molecule has 9 heteroatoms. The Bertz CT molecular complexity index is 1060. The van der Waals surface area contributed by atoms with Crippen LogP contribution in [0.3, 0.4) is 0 Å². The summed E-state index contributed by atoms with van der Waals surface area (Å²) in [7, 11) is 0. The van der Waals surface area contributed by atoms with Gasteiger partial charge in [-0.2, -0.15) is 15.5 Å². The maximum atomic E-state index is 9.75. The fourth-order valence-corrected chi connectivity index (χ4v) is 4.91. The summed E-state index contributed by atoms with van der Waals surface area (Å²) in [4.78, 5) is 3.23. The Morgan fingerprint density at radius 1 is 1.30 bits per heavy atom. The van der Waals surface area contributed by atoms with E-state index in [0.717, 1.165) is 53.2 Å². The van der Waals surface area contributed by atoms with Crippen molar-refractivity contribution < 1.29 is 10.2 Å². The number of nitrogens with zero attached hydrogens (tertiary/aromatic N) is 6. The Labute approximate surface area is 179 Å². The number of rotatable bonds is 7. The predicted octanol–water partition coefficient (Wildman–Crippen LogP) is 2.17. The van der Waals surface area contributed by atoms with E-state index in [9.17, 15) is 10.4 Å². The van der Waals surface area contributed by atoms with Crippen LogP contribution in [-0.4, -0.2) is 72.6 Å². The van der Waals surface area contributed by atoms with Crippen LogP contribution >= 0.6 is 11.8 Å². The first-order chi connectivity index (χ1) is 14.6. The van der Waals surface area contributed by atoms with Crippen LogP contribution in [0.15, 0.2) is 35.7 Å². The Hall–Kier alpha value is -2.38. The second-order valence-corrected chi connectivity index (χ2v) is 8.90. The first-order valence-corrected chi connectivity index (χ1v) is 11.2. The number of thioether (sulfide) groups is 1. The summed E-state index contributed by atoms with van der Waals surface area (Å²) in [6.45, 7) is 4.09. The fraction of sp³-hybridized carbons (Fsp3) is 0.476. The molecule has 30 heavy (non-hydrogen) atoms. The van der Waals surface area contributed by atoms with E-state index in [2.05, 4.69) is 40.4 Å². The van der Waals surface area contributed by atoms with Crippen LogP contribution in [0.4, 0.5) is 0 Å². The average Bonchev–Trinajstić information content (AvgIpc) is 3.41. The summed E-state index contributed by atoms with van der Waals surface area (Å²) >= 11 is 1.70. The van der Waals surface area contributed by atoms with Gasteiger partial charge in [0, 0.05) is 41.5 Å². The highest BCUT2D eigenvalue weighted by atomic mass is 32.2. The van der Waals surface area contributed by atoms with E-state index in [-0.39, 0.29) is 12.6 Å². The average molecular weight is 427 g/mol. The molecule has 3 aromatic heterocycles. The van der Waals surface area contributed by atoms with Crippen molar-refractivity contribution in [1.82, 2.24) is 24.3 Å². The van der Waals surface area contributed by atoms with Crippen molar-refractivity contribution in [2.45, 2.75) is 36.8 Å². The van der Waals surface area contributed by atoms with Gasteiger partial charge in [-0.15, -0.1) is 11.8 Å². The van der Waals surface area contributed by atoms with Gasteiger partial charge in [0.25, 0.3) is 0 Å². The van der Waals surface area contributed by atoms with Crippen LogP contribution < -0.4 is 0 Å². The molecule has 0 aliphatic carbocycles. The zero-order valence-corrected chi connectivity index (χ0v) is 17.8. The fourth-order valence-electron chi connectivity index (χ4n) is 4.05. The largest absolute Gasteiger partial charge is 0.394 e. The van der Waals surface area contributed by atoms with E-state index in [4.69, 9.17) is 5.11 Å². The van der Waals surface area contributed by atoms with Crippen molar-refractivity contribution in [2.75, 3.05) is 32.0 Å². The molecule has 0 spiro atoms. The standard InChI is InChI=1S/C21H26N6O2S/c1-2-30-20-6-15(10-27-21(20)16(7-22)8-24-27)17-9-23-26(11-17)18-4-3-5-25(12-18)13-19(29)14-28/h6,8-11,18-19,28-29H,2-5,12-14H2,1H3/t18-,19-/m0/s1. The van der Waals surface area contributed by atoms with E-state index in [1.165, 1.54) is 0 Å². The Kier molecular flexibility index (Phi) is 6.39. The summed E-state index contributed by atoms with van der Waals surface area (Å²) in [5, 5.41) is 37.2. The highest BCUT2D eigenvalue weighted by Crippen LogP contribution is 2.32. The second kappa shape index (κ2) is 9.18. The molecule has 4 rings (SSSR count). The minimum absolute atomic E-state index is 0.214. The topological polar surface area (TPSA) is 103 Å². The molecular weight excluding hydrogens is 400 g/mol. The van der Waals surface area contributed by atoms with Crippen LogP contribution in [0.1, 0.15) is 31.4 Å². The van der Waals surface area contributed by atoms with Crippen molar-refractivity contribution in [2.24, 2.45) is 0 Å². The lowest BCUT2D eigenvalue weighted by Gasteiger charge is -2.33. The monoisotopic (exact) mass is 426 g/mol. The Morgan fingerprint density at radius 3 is 2.93 bits per heavy atom. The molecule has 3 aromatic rings. The number of hydrogen-bond donors (Lipinski definition) is 2. The van der Waals surface area contributed by atoms with Crippen molar-refractivity contribution in [3.8, 4) is 17.2 Å². The van der Waals surface area contributed by atoms with Crippen molar-refractivity contribution in [3.05, 3.63) is 36.4 Å². The zero-order valence-electron chi connectivity index (χ0n) is 17.0. The molecule has 1 aliphatic rings. The van der Waals surface area contributed by atoms with Gasteiger partial charge in [0.2, 0.25) is 0 Å². The van der Waals surface area contributed by atoms with Crippen LogP contribution in [0, 0.1) is 11.3 Å². The van der Waals surface area contributed by atoms with Crippen LogP contribution in [-0.2, 0) is 0 Å². The molecule has 4 heterocycles. The van der Waals surface area contributed by atoms with Crippen LogP contribution in [0.5, 0.6) is 0 Å². The molecule has 0 radical (unpaired) electrons. The number of likely N-dealkylation sites (tertiary alicyclic amines) is 1. The molecule has 1 aliphatic heterocycles. The number of pyridine rings is 1. The van der Waals surface area contributed by atoms with Crippen molar-refractivity contribution in [3.63, 3.8) is 0 Å². The molecule has 0 bridgehead atoms. The van der Waals surface area contributed by atoms with Crippen molar-refractivity contribution >= 4 is 17.3 Å². The third kappa shape index (κ3) is 4.23. The maximum absolute atomic E-state index is 9.75. The number of aromatic nitrogens is 4. The molecule has 0 saturated carbocycles. The normalized spacial score (nSPS) is 18.5. The lowest BCUT2D eigenvalue weighted by Crippen LogP contribution is -2.41. The molecule has 2 N–H and O–H groups in total. The number of aliphatic hydroxyl groups excluding tert-OH is 2. The lowest BCUT2D eigenvalue weighted by molar-refractivity contribution is 0.0446. The smallest absolute Gasteiger partial charge is 0.103 e. The SMILES string of the molecule is CCSc1cc(-c2cnn([C@H]3CCCN(C[C@H](O)CO)C3)c2)cn2ncc(C#N)c12. The van der Waals surface area contributed by atoms with E-state index in [1.54, 1.807) is 22.5 Å². The minimum atomic E-state index is -0.703. The number of piperidine rings is 1. The van der Waals surface area contributed by atoms with E-state index >= 15 is 0 Å². The number of nitriles is 1.